The molecule has 7 nitrogen and oxygen atoms in total. The predicted molar refractivity (Wildman–Crippen MR) is 120 cm³/mol. The molecule has 1 atom stereocenters. The monoisotopic (exact) mass is 429 g/mol. The zero-order valence-electron chi connectivity index (χ0n) is 17.0. The Labute approximate surface area is 182 Å². The van der Waals surface area contributed by atoms with Crippen LogP contribution in [0.15, 0.2) is 48.7 Å². The Hall–Kier alpha value is -3.52. The number of nitrogens with one attached hydrogen (secondary N) is 1. The lowest BCUT2D eigenvalue weighted by atomic mass is 9.71. The number of fused-ring (bicyclic) bond motifs is 5. The fourth-order valence-electron chi connectivity index (χ4n) is 4.93. The number of aryl methyl sites for hydroxylation is 1. The van der Waals surface area contributed by atoms with Crippen LogP contribution < -0.4 is 10.2 Å². The number of carbonyl (C=O) groups is 2. The molecular weight excluding hydrogens is 410 g/mol. The van der Waals surface area contributed by atoms with Crippen LogP contribution in [0.4, 0.5) is 11.5 Å². The van der Waals surface area contributed by atoms with Gasteiger partial charge in [-0.15, -0.1) is 0 Å². The van der Waals surface area contributed by atoms with E-state index in [4.69, 9.17) is 0 Å². The SMILES string of the molecule is CCN1C(=O)[C@]2(CC(=O)Nc3c2cnn3-c2nc3ccccc3s2)c2cccc(C)c21. The highest BCUT2D eigenvalue weighted by Gasteiger charge is 2.57. The molecule has 0 aliphatic carbocycles. The quantitative estimate of drug-likeness (QED) is 0.526. The number of rotatable bonds is 2. The summed E-state index contributed by atoms with van der Waals surface area (Å²) in [6.07, 6.45) is 1.78. The first-order chi connectivity index (χ1) is 15.0. The molecule has 1 spiro atoms. The van der Waals surface area contributed by atoms with E-state index in [2.05, 4.69) is 15.4 Å². The second kappa shape index (κ2) is 6.24. The van der Waals surface area contributed by atoms with E-state index in [0.29, 0.717) is 17.5 Å². The molecule has 0 fully saturated rings. The lowest BCUT2D eigenvalue weighted by Crippen LogP contribution is -2.46. The van der Waals surface area contributed by atoms with E-state index in [9.17, 15) is 9.59 Å². The van der Waals surface area contributed by atoms with E-state index in [1.165, 1.54) is 11.3 Å². The van der Waals surface area contributed by atoms with E-state index >= 15 is 0 Å². The van der Waals surface area contributed by atoms with Gasteiger partial charge in [-0.1, -0.05) is 41.7 Å². The number of para-hydroxylation sites is 2. The summed E-state index contributed by atoms with van der Waals surface area (Å²) >= 11 is 1.50. The van der Waals surface area contributed by atoms with Crippen LogP contribution in [0.25, 0.3) is 15.3 Å². The second-order valence-electron chi connectivity index (χ2n) is 7.93. The molecule has 2 aliphatic heterocycles. The van der Waals surface area contributed by atoms with Gasteiger partial charge in [0.1, 0.15) is 11.2 Å². The largest absolute Gasteiger partial charge is 0.311 e. The van der Waals surface area contributed by atoms with Crippen molar-refractivity contribution in [3.05, 3.63) is 65.4 Å². The Balaban J connectivity index is 1.61. The number of aromatic nitrogens is 3. The van der Waals surface area contributed by atoms with Crippen molar-refractivity contribution >= 4 is 44.9 Å². The van der Waals surface area contributed by atoms with Crippen LogP contribution in [-0.2, 0) is 15.0 Å². The molecule has 154 valence electrons. The van der Waals surface area contributed by atoms with E-state index in [-0.39, 0.29) is 18.2 Å². The zero-order chi connectivity index (χ0) is 21.3. The fraction of sp³-hybridized carbons (Fsp3) is 0.217. The minimum atomic E-state index is -1.07. The zero-order valence-corrected chi connectivity index (χ0v) is 17.9. The summed E-state index contributed by atoms with van der Waals surface area (Å²) in [7, 11) is 0. The van der Waals surface area contributed by atoms with Gasteiger partial charge in [-0.3, -0.25) is 9.59 Å². The Morgan fingerprint density at radius 2 is 1.97 bits per heavy atom. The fourth-order valence-corrected chi connectivity index (χ4v) is 5.86. The predicted octanol–water partition coefficient (Wildman–Crippen LogP) is 3.79. The minimum Gasteiger partial charge on any atom is -0.311 e. The van der Waals surface area contributed by atoms with Gasteiger partial charge < -0.3 is 10.2 Å². The molecule has 0 saturated carbocycles. The molecule has 0 bridgehead atoms. The number of nitrogens with zero attached hydrogens (tertiary/aromatic N) is 4. The van der Waals surface area contributed by atoms with Gasteiger partial charge >= 0.3 is 0 Å². The van der Waals surface area contributed by atoms with Crippen LogP contribution in [0.5, 0.6) is 0 Å². The number of anilines is 2. The molecule has 4 aromatic rings. The molecule has 1 N–H and O–H groups in total. The van der Waals surface area contributed by atoms with Gasteiger partial charge in [-0.05, 0) is 37.1 Å². The van der Waals surface area contributed by atoms with Gasteiger partial charge in [0, 0.05) is 18.5 Å². The maximum absolute atomic E-state index is 13.8. The third-order valence-electron chi connectivity index (χ3n) is 6.27. The van der Waals surface area contributed by atoms with Crippen molar-refractivity contribution in [3.63, 3.8) is 0 Å². The number of carbonyl (C=O) groups excluding carboxylic acids is 2. The van der Waals surface area contributed by atoms with Crippen molar-refractivity contribution in [1.29, 1.82) is 0 Å². The van der Waals surface area contributed by atoms with Crippen LogP contribution in [-0.4, -0.2) is 33.1 Å². The molecule has 2 aromatic carbocycles. The number of hydrogen-bond donors (Lipinski definition) is 1. The number of benzene rings is 2. The van der Waals surface area contributed by atoms with Crippen molar-refractivity contribution in [3.8, 4) is 5.13 Å². The average Bonchev–Trinajstić information content (AvgIpc) is 3.43. The first-order valence-electron chi connectivity index (χ1n) is 10.2. The smallest absolute Gasteiger partial charge is 0.242 e. The Bertz CT molecular complexity index is 1370. The molecule has 2 amide bonds. The first kappa shape index (κ1) is 18.3. The normalized spacial score (nSPS) is 19.7. The number of hydrogen-bond acceptors (Lipinski definition) is 5. The topological polar surface area (TPSA) is 80.1 Å². The molecular formula is C23H19N5O2S. The summed E-state index contributed by atoms with van der Waals surface area (Å²) in [6.45, 7) is 4.50. The van der Waals surface area contributed by atoms with Crippen LogP contribution in [0, 0.1) is 6.92 Å². The van der Waals surface area contributed by atoms with Gasteiger partial charge in [0.05, 0.1) is 22.1 Å². The van der Waals surface area contributed by atoms with Crippen molar-refractivity contribution in [2.45, 2.75) is 25.7 Å². The third-order valence-corrected chi connectivity index (χ3v) is 7.28. The molecule has 4 heterocycles. The lowest BCUT2D eigenvalue weighted by molar-refractivity contribution is -0.126. The van der Waals surface area contributed by atoms with Crippen molar-refractivity contribution in [1.82, 2.24) is 14.8 Å². The number of amides is 2. The Kier molecular flexibility index (Phi) is 3.68. The van der Waals surface area contributed by atoms with Gasteiger partial charge in [-0.25, -0.2) is 4.98 Å². The first-order valence-corrected chi connectivity index (χ1v) is 11.0. The highest BCUT2D eigenvalue weighted by molar-refractivity contribution is 7.20. The van der Waals surface area contributed by atoms with E-state index < -0.39 is 5.41 Å². The lowest BCUT2D eigenvalue weighted by Gasteiger charge is -2.32. The highest BCUT2D eigenvalue weighted by Crippen LogP contribution is 2.53. The summed E-state index contributed by atoms with van der Waals surface area (Å²) in [5.41, 5.74) is 3.33. The maximum atomic E-state index is 13.8. The molecule has 0 unspecified atom stereocenters. The number of thiazole rings is 1. The summed E-state index contributed by atoms with van der Waals surface area (Å²) < 4.78 is 2.68. The van der Waals surface area contributed by atoms with E-state index in [0.717, 1.165) is 32.6 Å². The standard InChI is InChI=1S/C23H19N5O2S/c1-3-27-19-13(2)7-6-8-14(19)23(21(27)30)11-18(29)26-20-15(23)12-24-28(20)22-25-16-9-4-5-10-17(16)31-22/h4-10,12H,3,11H2,1-2H3,(H,26,29)/t23-/m1/s1. The van der Waals surface area contributed by atoms with Gasteiger partial charge in [0.15, 0.2) is 0 Å². The van der Waals surface area contributed by atoms with Crippen LogP contribution in [0.2, 0.25) is 0 Å². The molecule has 2 aliphatic rings. The minimum absolute atomic E-state index is 0.0668. The Morgan fingerprint density at radius 1 is 1.13 bits per heavy atom. The van der Waals surface area contributed by atoms with Crippen LogP contribution in [0.1, 0.15) is 30.0 Å². The van der Waals surface area contributed by atoms with Crippen molar-refractivity contribution in [2.24, 2.45) is 0 Å². The summed E-state index contributed by atoms with van der Waals surface area (Å²) in [6, 6.07) is 13.8. The molecule has 31 heavy (non-hydrogen) atoms. The second-order valence-corrected chi connectivity index (χ2v) is 8.94. The van der Waals surface area contributed by atoms with Gasteiger partial charge in [0.2, 0.25) is 16.9 Å². The Morgan fingerprint density at radius 3 is 2.77 bits per heavy atom. The summed E-state index contributed by atoms with van der Waals surface area (Å²) in [5, 5.41) is 8.19. The highest BCUT2D eigenvalue weighted by atomic mass is 32.1. The van der Waals surface area contributed by atoms with E-state index in [1.807, 2.05) is 56.3 Å². The number of likely N-dealkylation sites (N-methyl/N-ethyl adjacent to an activating group) is 1. The van der Waals surface area contributed by atoms with Crippen LogP contribution >= 0.6 is 11.3 Å². The maximum Gasteiger partial charge on any atom is 0.242 e. The van der Waals surface area contributed by atoms with Gasteiger partial charge in [0.25, 0.3) is 0 Å². The van der Waals surface area contributed by atoms with Gasteiger partial charge in [-0.2, -0.15) is 9.78 Å². The van der Waals surface area contributed by atoms with Crippen molar-refractivity contribution < 1.29 is 9.59 Å². The third kappa shape index (κ3) is 2.28. The van der Waals surface area contributed by atoms with E-state index in [1.54, 1.807) is 15.8 Å². The molecule has 6 rings (SSSR count). The van der Waals surface area contributed by atoms with Crippen molar-refractivity contribution in [2.75, 3.05) is 16.8 Å². The molecule has 0 saturated heterocycles. The summed E-state index contributed by atoms with van der Waals surface area (Å²) in [5.74, 6) is 0.252. The molecule has 8 heteroatoms. The summed E-state index contributed by atoms with van der Waals surface area (Å²) in [4.78, 5) is 33.2. The molecule has 2 aromatic heterocycles. The van der Waals surface area contributed by atoms with Crippen LogP contribution in [0.3, 0.4) is 0 Å². The molecule has 0 radical (unpaired) electrons. The average molecular weight is 430 g/mol.